The van der Waals surface area contributed by atoms with Crippen molar-refractivity contribution in [2.75, 3.05) is 66.6 Å². The van der Waals surface area contributed by atoms with E-state index in [0.29, 0.717) is 24.2 Å². The van der Waals surface area contributed by atoms with Gasteiger partial charge in [-0.15, -0.1) is 0 Å². The third-order valence-corrected chi connectivity index (χ3v) is 9.99. The summed E-state index contributed by atoms with van der Waals surface area (Å²) in [6, 6.07) is 34.7. The van der Waals surface area contributed by atoms with E-state index in [1.54, 1.807) is 14.2 Å². The van der Waals surface area contributed by atoms with Crippen molar-refractivity contribution in [1.82, 2.24) is 30.4 Å². The molecular weight excluding hydrogens is 677 g/mol. The van der Waals surface area contributed by atoms with E-state index >= 15 is 0 Å². The molecule has 6 aromatic rings. The third-order valence-electron chi connectivity index (χ3n) is 9.99. The van der Waals surface area contributed by atoms with E-state index in [9.17, 15) is 9.59 Å². The summed E-state index contributed by atoms with van der Waals surface area (Å²) in [7, 11) is 3.28. The number of methoxy groups -OCH3 is 2. The fourth-order valence-corrected chi connectivity index (χ4v) is 7.02. The van der Waals surface area contributed by atoms with Gasteiger partial charge in [0.05, 0.1) is 47.8 Å². The molecular formula is C44H46N6O4. The van der Waals surface area contributed by atoms with Crippen molar-refractivity contribution < 1.29 is 19.1 Å². The topological polar surface area (TPSA) is 109 Å². The summed E-state index contributed by atoms with van der Waals surface area (Å²) in [4.78, 5) is 41.5. The smallest absolute Gasteiger partial charge is 0.252 e. The molecule has 0 unspecified atom stereocenters. The summed E-state index contributed by atoms with van der Waals surface area (Å²) in [5.41, 5.74) is 6.08. The average Bonchev–Trinajstić information content (AvgIpc) is 3.23. The number of hydrogen-bond acceptors (Lipinski definition) is 8. The highest BCUT2D eigenvalue weighted by atomic mass is 16.5. The van der Waals surface area contributed by atoms with Crippen LogP contribution in [0, 0.1) is 0 Å². The molecule has 1 aliphatic rings. The van der Waals surface area contributed by atoms with Gasteiger partial charge in [-0.2, -0.15) is 0 Å². The Labute approximate surface area is 316 Å². The lowest BCUT2D eigenvalue weighted by atomic mass is 10.0. The van der Waals surface area contributed by atoms with Gasteiger partial charge in [-0.25, -0.2) is 9.97 Å². The lowest BCUT2D eigenvalue weighted by Crippen LogP contribution is -2.47. The second-order valence-corrected chi connectivity index (χ2v) is 13.5. The minimum atomic E-state index is -0.0934. The van der Waals surface area contributed by atoms with Gasteiger partial charge in [0.1, 0.15) is 11.5 Å². The first-order chi connectivity index (χ1) is 26.5. The maximum Gasteiger partial charge on any atom is 0.252 e. The average molecular weight is 723 g/mol. The molecule has 7 rings (SSSR count). The summed E-state index contributed by atoms with van der Waals surface area (Å²) in [6.07, 6.45) is 1.74. The Morgan fingerprint density at radius 2 is 1.00 bits per heavy atom. The standard InChI is InChI=1S/C44H46N6O4/c1-53-33-13-7-11-31(27-33)41-29-37(35-15-3-5-17-39(35)47-41)43(51)45-19-9-21-49-23-25-50(26-24-49)22-10-20-46-44(52)38-30-42(32-12-8-14-34(28-32)54-2)48-40-18-6-4-16-36(38)40/h3-8,11-18,27-30H,9-10,19-26H2,1-2H3,(H,45,51)(H,46,52). The molecule has 2 N–H and O–H groups in total. The Balaban J connectivity index is 0.855. The van der Waals surface area contributed by atoms with Crippen molar-refractivity contribution in [3.8, 4) is 34.0 Å². The molecule has 0 atom stereocenters. The zero-order chi connectivity index (χ0) is 37.3. The van der Waals surface area contributed by atoms with Crippen molar-refractivity contribution in [3.63, 3.8) is 0 Å². The second-order valence-electron chi connectivity index (χ2n) is 13.5. The SMILES string of the molecule is COc1cccc(-c2cc(C(=O)NCCCN3CCN(CCCNC(=O)c4cc(-c5cccc(OC)c5)nc5ccccc45)CC3)c3ccccc3n2)c1. The van der Waals surface area contributed by atoms with Crippen LogP contribution in [-0.4, -0.2) is 98.2 Å². The number of piperazine rings is 1. The second kappa shape index (κ2) is 17.3. The Hall–Kier alpha value is -5.84. The molecule has 0 spiro atoms. The van der Waals surface area contributed by atoms with Crippen molar-refractivity contribution in [2.24, 2.45) is 0 Å². The van der Waals surface area contributed by atoms with Gasteiger partial charge in [0.2, 0.25) is 0 Å². The Morgan fingerprint density at radius 1 is 0.574 bits per heavy atom. The highest BCUT2D eigenvalue weighted by Crippen LogP contribution is 2.29. The van der Waals surface area contributed by atoms with E-state index in [1.165, 1.54) is 0 Å². The van der Waals surface area contributed by atoms with Crippen LogP contribution in [0.1, 0.15) is 33.6 Å². The largest absolute Gasteiger partial charge is 0.497 e. The van der Waals surface area contributed by atoms with Crippen LogP contribution < -0.4 is 20.1 Å². The fourth-order valence-electron chi connectivity index (χ4n) is 7.02. The first kappa shape index (κ1) is 36.5. The number of ether oxygens (including phenoxy) is 2. The van der Waals surface area contributed by atoms with E-state index in [-0.39, 0.29) is 11.8 Å². The van der Waals surface area contributed by atoms with Crippen LogP contribution in [0.2, 0.25) is 0 Å². The van der Waals surface area contributed by atoms with E-state index < -0.39 is 0 Å². The van der Waals surface area contributed by atoms with Crippen molar-refractivity contribution in [2.45, 2.75) is 12.8 Å². The molecule has 0 bridgehead atoms. The minimum absolute atomic E-state index is 0.0934. The molecule has 3 heterocycles. The number of hydrogen-bond donors (Lipinski definition) is 2. The van der Waals surface area contributed by atoms with Crippen LogP contribution in [-0.2, 0) is 0 Å². The van der Waals surface area contributed by atoms with Gasteiger partial charge < -0.3 is 29.9 Å². The van der Waals surface area contributed by atoms with Gasteiger partial charge in [0, 0.05) is 61.2 Å². The Kier molecular flexibility index (Phi) is 11.7. The van der Waals surface area contributed by atoms with Gasteiger partial charge in [0.25, 0.3) is 11.8 Å². The van der Waals surface area contributed by atoms with Crippen molar-refractivity contribution >= 4 is 33.6 Å². The predicted molar refractivity (Wildman–Crippen MR) is 214 cm³/mol. The number of amides is 2. The fraction of sp³-hybridized carbons (Fsp3) is 0.273. The minimum Gasteiger partial charge on any atom is -0.497 e. The summed E-state index contributed by atoms with van der Waals surface area (Å²) >= 11 is 0. The highest BCUT2D eigenvalue weighted by molar-refractivity contribution is 6.08. The van der Waals surface area contributed by atoms with Gasteiger partial charge >= 0.3 is 0 Å². The molecule has 10 heteroatoms. The molecule has 1 fully saturated rings. The predicted octanol–water partition coefficient (Wildman–Crippen LogP) is 6.69. The number of aromatic nitrogens is 2. The van der Waals surface area contributed by atoms with Crippen LogP contribution in [0.4, 0.5) is 0 Å². The first-order valence-electron chi connectivity index (χ1n) is 18.6. The molecule has 2 aromatic heterocycles. The monoisotopic (exact) mass is 722 g/mol. The molecule has 0 radical (unpaired) electrons. The molecule has 54 heavy (non-hydrogen) atoms. The molecule has 4 aromatic carbocycles. The number of carbonyl (C=O) groups is 2. The van der Waals surface area contributed by atoms with Gasteiger partial charge in [-0.05, 0) is 74.5 Å². The Bertz CT molecular complexity index is 2090. The summed E-state index contributed by atoms with van der Waals surface area (Å²) in [5.74, 6) is 1.30. The lowest BCUT2D eigenvalue weighted by Gasteiger charge is -2.34. The maximum absolute atomic E-state index is 13.4. The van der Waals surface area contributed by atoms with Crippen LogP contribution in [0.5, 0.6) is 11.5 Å². The molecule has 0 aliphatic carbocycles. The molecule has 1 aliphatic heterocycles. The van der Waals surface area contributed by atoms with Gasteiger partial charge in [-0.1, -0.05) is 60.7 Å². The Morgan fingerprint density at radius 3 is 1.43 bits per heavy atom. The summed E-state index contributed by atoms with van der Waals surface area (Å²) in [6.45, 7) is 6.96. The zero-order valence-corrected chi connectivity index (χ0v) is 30.9. The number of carbonyl (C=O) groups excluding carboxylic acids is 2. The molecule has 276 valence electrons. The van der Waals surface area contributed by atoms with Gasteiger partial charge in [0.15, 0.2) is 0 Å². The quantitative estimate of drug-likeness (QED) is 0.120. The normalized spacial score (nSPS) is 13.5. The number of para-hydroxylation sites is 2. The molecule has 0 saturated carbocycles. The highest BCUT2D eigenvalue weighted by Gasteiger charge is 2.19. The van der Waals surface area contributed by atoms with Crippen molar-refractivity contribution in [3.05, 3.63) is 120 Å². The lowest BCUT2D eigenvalue weighted by molar-refractivity contribution is 0.0936. The van der Waals surface area contributed by atoms with Crippen LogP contribution in [0.15, 0.2) is 109 Å². The number of benzene rings is 4. The number of nitrogens with zero attached hydrogens (tertiary/aromatic N) is 4. The van der Waals surface area contributed by atoms with Crippen LogP contribution >= 0.6 is 0 Å². The molecule has 1 saturated heterocycles. The van der Waals surface area contributed by atoms with E-state index in [2.05, 4.69) is 20.4 Å². The number of pyridine rings is 2. The first-order valence-corrected chi connectivity index (χ1v) is 18.6. The van der Waals surface area contributed by atoms with E-state index in [1.807, 2.05) is 109 Å². The maximum atomic E-state index is 13.4. The van der Waals surface area contributed by atoms with E-state index in [0.717, 1.165) is 108 Å². The summed E-state index contributed by atoms with van der Waals surface area (Å²) < 4.78 is 10.8. The number of nitrogens with one attached hydrogen (secondary N) is 2. The van der Waals surface area contributed by atoms with Crippen LogP contribution in [0.3, 0.4) is 0 Å². The third kappa shape index (κ3) is 8.68. The number of rotatable bonds is 14. The van der Waals surface area contributed by atoms with Gasteiger partial charge in [-0.3, -0.25) is 9.59 Å². The summed E-state index contributed by atoms with van der Waals surface area (Å²) in [5, 5.41) is 7.97. The van der Waals surface area contributed by atoms with Crippen LogP contribution in [0.25, 0.3) is 44.3 Å². The molecule has 2 amide bonds. The van der Waals surface area contributed by atoms with E-state index in [4.69, 9.17) is 19.4 Å². The van der Waals surface area contributed by atoms with Crippen molar-refractivity contribution in [1.29, 1.82) is 0 Å². The molecule has 10 nitrogen and oxygen atoms in total. The number of fused-ring (bicyclic) bond motifs is 2. The zero-order valence-electron chi connectivity index (χ0n) is 30.9.